The number of nitrogens with one attached hydrogen (secondary N) is 1. The molecule has 2 rings (SSSR count). The van der Waals surface area contributed by atoms with Gasteiger partial charge in [-0.15, -0.1) is 24.0 Å². The van der Waals surface area contributed by atoms with Crippen LogP contribution in [-0.4, -0.2) is 75.1 Å². The van der Waals surface area contributed by atoms with Gasteiger partial charge in [0, 0.05) is 27.2 Å². The number of guanidine groups is 1. The molecule has 0 spiro atoms. The van der Waals surface area contributed by atoms with E-state index in [2.05, 4.69) is 10.2 Å². The first-order chi connectivity index (χ1) is 13.9. The summed E-state index contributed by atoms with van der Waals surface area (Å²) in [6.45, 7) is 4.26. The Kier molecular flexibility index (Phi) is 11.5. The molecule has 0 saturated carbocycles. The number of amides is 1. The average Bonchev–Trinajstić information content (AvgIpc) is 2.74. The van der Waals surface area contributed by atoms with Crippen LogP contribution in [0.4, 0.5) is 0 Å². The highest BCUT2D eigenvalue weighted by atomic mass is 127. The Morgan fingerprint density at radius 3 is 2.37 bits per heavy atom. The van der Waals surface area contributed by atoms with Crippen molar-refractivity contribution in [3.8, 4) is 5.75 Å². The van der Waals surface area contributed by atoms with Gasteiger partial charge in [0.1, 0.15) is 5.75 Å². The van der Waals surface area contributed by atoms with Crippen LogP contribution in [0.15, 0.2) is 29.3 Å². The van der Waals surface area contributed by atoms with Crippen molar-refractivity contribution in [2.75, 3.05) is 47.4 Å². The third-order valence-corrected chi connectivity index (χ3v) is 4.88. The second-order valence-corrected chi connectivity index (χ2v) is 7.14. The second-order valence-electron chi connectivity index (χ2n) is 7.14. The highest BCUT2D eigenvalue weighted by molar-refractivity contribution is 14.0. The number of benzene rings is 1. The molecule has 0 radical (unpaired) electrons. The van der Waals surface area contributed by atoms with Crippen molar-refractivity contribution >= 4 is 41.8 Å². The third kappa shape index (κ3) is 8.00. The zero-order chi connectivity index (χ0) is 21.2. The third-order valence-electron chi connectivity index (χ3n) is 4.88. The predicted octanol–water partition coefficient (Wildman–Crippen LogP) is 2.12. The number of esters is 1. The van der Waals surface area contributed by atoms with Gasteiger partial charge in [0.25, 0.3) is 0 Å². The van der Waals surface area contributed by atoms with E-state index in [1.807, 2.05) is 31.2 Å². The van der Waals surface area contributed by atoms with Crippen LogP contribution in [0.25, 0.3) is 0 Å². The largest absolute Gasteiger partial charge is 0.497 e. The van der Waals surface area contributed by atoms with Crippen LogP contribution in [0.1, 0.15) is 25.3 Å². The topological polar surface area (TPSA) is 83.5 Å². The van der Waals surface area contributed by atoms with E-state index in [-0.39, 0.29) is 48.3 Å². The number of nitrogens with zero attached hydrogens (tertiary/aromatic N) is 3. The Labute approximate surface area is 196 Å². The lowest BCUT2D eigenvalue weighted by atomic mass is 9.97. The summed E-state index contributed by atoms with van der Waals surface area (Å²) in [5.41, 5.74) is 1.05. The number of likely N-dealkylation sites (N-methyl/N-ethyl adjacent to an activating group) is 1. The minimum Gasteiger partial charge on any atom is -0.497 e. The van der Waals surface area contributed by atoms with E-state index in [1.165, 1.54) is 0 Å². The van der Waals surface area contributed by atoms with Gasteiger partial charge >= 0.3 is 5.97 Å². The summed E-state index contributed by atoms with van der Waals surface area (Å²) in [5.74, 6) is 1.26. The van der Waals surface area contributed by atoms with Gasteiger partial charge in [0.15, 0.2) is 5.96 Å². The normalized spacial score (nSPS) is 14.5. The predicted molar refractivity (Wildman–Crippen MR) is 127 cm³/mol. The fourth-order valence-electron chi connectivity index (χ4n) is 3.06. The number of ether oxygens (including phenoxy) is 2. The molecule has 9 heteroatoms. The lowest BCUT2D eigenvalue weighted by Crippen LogP contribution is -2.49. The summed E-state index contributed by atoms with van der Waals surface area (Å²) in [6.07, 6.45) is 1.42. The SMILES string of the molecule is CCOC(=O)C1CCN(C(=NCc2ccc(OC)cc2)NCC(=O)N(C)C)CC1.I. The van der Waals surface area contributed by atoms with Crippen LogP contribution in [-0.2, 0) is 20.9 Å². The molecule has 0 aromatic heterocycles. The highest BCUT2D eigenvalue weighted by Crippen LogP contribution is 2.19. The van der Waals surface area contributed by atoms with E-state index < -0.39 is 0 Å². The molecule has 1 aromatic rings. The van der Waals surface area contributed by atoms with Gasteiger partial charge in [0.05, 0.1) is 32.7 Å². The van der Waals surface area contributed by atoms with Gasteiger partial charge in [-0.3, -0.25) is 9.59 Å². The fourth-order valence-corrected chi connectivity index (χ4v) is 3.06. The number of halogens is 1. The van der Waals surface area contributed by atoms with E-state index in [0.29, 0.717) is 45.0 Å². The minimum atomic E-state index is -0.125. The second kappa shape index (κ2) is 13.3. The number of carbonyl (C=O) groups is 2. The Morgan fingerprint density at radius 2 is 1.83 bits per heavy atom. The summed E-state index contributed by atoms with van der Waals surface area (Å²) in [7, 11) is 5.09. The van der Waals surface area contributed by atoms with E-state index in [1.54, 1.807) is 26.1 Å². The molecule has 0 atom stereocenters. The Balaban J connectivity index is 0.00000450. The van der Waals surface area contributed by atoms with Crippen molar-refractivity contribution in [3.05, 3.63) is 29.8 Å². The van der Waals surface area contributed by atoms with Crippen LogP contribution in [0.5, 0.6) is 5.75 Å². The molecule has 1 aromatic carbocycles. The van der Waals surface area contributed by atoms with E-state index in [4.69, 9.17) is 14.5 Å². The van der Waals surface area contributed by atoms with Crippen molar-refractivity contribution in [1.29, 1.82) is 0 Å². The van der Waals surface area contributed by atoms with E-state index in [0.717, 1.165) is 11.3 Å². The summed E-state index contributed by atoms with van der Waals surface area (Å²) in [5, 5.41) is 3.18. The minimum absolute atomic E-state index is 0. The molecule has 0 aliphatic carbocycles. The molecule has 0 unspecified atom stereocenters. The molecule has 8 nitrogen and oxygen atoms in total. The monoisotopic (exact) mass is 532 g/mol. The van der Waals surface area contributed by atoms with Crippen molar-refractivity contribution in [2.45, 2.75) is 26.3 Å². The average molecular weight is 532 g/mol. The Bertz CT molecular complexity index is 701. The van der Waals surface area contributed by atoms with Gasteiger partial charge in [-0.1, -0.05) is 12.1 Å². The van der Waals surface area contributed by atoms with Gasteiger partial charge in [0.2, 0.25) is 5.91 Å². The molecule has 168 valence electrons. The van der Waals surface area contributed by atoms with Crippen molar-refractivity contribution in [3.63, 3.8) is 0 Å². The molecule has 1 aliphatic rings. The summed E-state index contributed by atoms with van der Waals surface area (Å²) >= 11 is 0. The van der Waals surface area contributed by atoms with Crippen molar-refractivity contribution in [1.82, 2.24) is 15.1 Å². The van der Waals surface area contributed by atoms with Gasteiger partial charge in [-0.05, 0) is 37.5 Å². The zero-order valence-electron chi connectivity index (χ0n) is 18.2. The molecular formula is C21H33IN4O4. The summed E-state index contributed by atoms with van der Waals surface area (Å²) in [6, 6.07) is 7.74. The molecule has 1 amide bonds. The van der Waals surface area contributed by atoms with E-state index >= 15 is 0 Å². The number of carbonyl (C=O) groups excluding carboxylic acids is 2. The first kappa shape index (κ1) is 26.0. The summed E-state index contributed by atoms with van der Waals surface area (Å²) in [4.78, 5) is 32.3. The van der Waals surface area contributed by atoms with Gasteiger partial charge in [-0.25, -0.2) is 4.99 Å². The maximum atomic E-state index is 12.0. The Hall–Kier alpha value is -2.04. The molecule has 30 heavy (non-hydrogen) atoms. The lowest BCUT2D eigenvalue weighted by molar-refractivity contribution is -0.149. The van der Waals surface area contributed by atoms with Crippen molar-refractivity contribution < 1.29 is 19.1 Å². The number of likely N-dealkylation sites (tertiary alicyclic amines) is 1. The number of aliphatic imine (C=N–C) groups is 1. The van der Waals surface area contributed by atoms with Crippen LogP contribution in [0.2, 0.25) is 0 Å². The molecule has 1 fully saturated rings. The number of piperidine rings is 1. The lowest BCUT2D eigenvalue weighted by Gasteiger charge is -2.33. The molecular weight excluding hydrogens is 499 g/mol. The van der Waals surface area contributed by atoms with Crippen LogP contribution in [0.3, 0.4) is 0 Å². The number of rotatable bonds is 7. The molecule has 0 bridgehead atoms. The maximum Gasteiger partial charge on any atom is 0.309 e. The highest BCUT2D eigenvalue weighted by Gasteiger charge is 2.27. The number of methoxy groups -OCH3 is 1. The van der Waals surface area contributed by atoms with Crippen LogP contribution >= 0.6 is 24.0 Å². The van der Waals surface area contributed by atoms with Crippen molar-refractivity contribution in [2.24, 2.45) is 10.9 Å². The zero-order valence-corrected chi connectivity index (χ0v) is 20.5. The maximum absolute atomic E-state index is 12.0. The molecule has 1 saturated heterocycles. The molecule has 1 N–H and O–H groups in total. The van der Waals surface area contributed by atoms with Crippen LogP contribution in [0, 0.1) is 5.92 Å². The standard InChI is InChI=1S/C21H32N4O4.HI/c1-5-29-20(27)17-10-12-25(13-11-17)21(23-15-19(26)24(2)3)22-14-16-6-8-18(28-4)9-7-16;/h6-9,17H,5,10-15H2,1-4H3,(H,22,23);1H. The number of hydrogen-bond acceptors (Lipinski definition) is 5. The first-order valence-corrected chi connectivity index (χ1v) is 9.97. The summed E-state index contributed by atoms with van der Waals surface area (Å²) < 4.78 is 10.3. The smallest absolute Gasteiger partial charge is 0.309 e. The van der Waals surface area contributed by atoms with E-state index in [9.17, 15) is 9.59 Å². The van der Waals surface area contributed by atoms with Gasteiger partial charge in [-0.2, -0.15) is 0 Å². The molecule has 1 aliphatic heterocycles. The number of hydrogen-bond donors (Lipinski definition) is 1. The van der Waals surface area contributed by atoms with Crippen LogP contribution < -0.4 is 10.1 Å². The quantitative estimate of drug-likeness (QED) is 0.251. The first-order valence-electron chi connectivity index (χ1n) is 9.97. The van der Waals surface area contributed by atoms with Gasteiger partial charge < -0.3 is 24.6 Å². The molecule has 1 heterocycles. The fraction of sp³-hybridized carbons (Fsp3) is 0.571. The Morgan fingerprint density at radius 1 is 1.20 bits per heavy atom.